The van der Waals surface area contributed by atoms with Crippen LogP contribution in [0.25, 0.3) is 0 Å². The Balaban J connectivity index is 1.33. The number of hydrogen-bond acceptors (Lipinski definition) is 10. The first-order chi connectivity index (χ1) is 28.4. The van der Waals surface area contributed by atoms with Gasteiger partial charge in [-0.15, -0.1) is 0 Å². The van der Waals surface area contributed by atoms with Crippen LogP contribution in [0.3, 0.4) is 0 Å². The van der Waals surface area contributed by atoms with Gasteiger partial charge in [0.25, 0.3) is 0 Å². The minimum atomic E-state index is -1.68. The molecule has 0 aliphatic carbocycles. The number of amides is 6. The van der Waals surface area contributed by atoms with Gasteiger partial charge in [0, 0.05) is 39.0 Å². The van der Waals surface area contributed by atoms with Gasteiger partial charge in [-0.2, -0.15) is 0 Å². The third kappa shape index (κ3) is 9.69. The van der Waals surface area contributed by atoms with E-state index in [0.29, 0.717) is 30.4 Å². The fourth-order valence-electron chi connectivity index (χ4n) is 8.57. The molecule has 4 N–H and O–H groups in total. The number of likely N-dealkylation sites (N-methyl/N-ethyl adjacent to an activating group) is 1. The molecule has 3 saturated heterocycles. The largest absolute Gasteiger partial charge is 0.493 e. The third-order valence-electron chi connectivity index (χ3n) is 11.6. The van der Waals surface area contributed by atoms with Crippen molar-refractivity contribution < 1.29 is 56.9 Å². The molecule has 4 heterocycles. The molecule has 4 aliphatic heterocycles. The molecular weight excluding hydrogens is 786 g/mol. The zero-order chi connectivity index (χ0) is 43.6. The van der Waals surface area contributed by atoms with Crippen LogP contribution < -0.4 is 20.7 Å². The molecule has 0 bridgehead atoms. The Morgan fingerprint density at radius 2 is 1.67 bits per heavy atom. The van der Waals surface area contributed by atoms with Gasteiger partial charge in [0.1, 0.15) is 59.7 Å². The van der Waals surface area contributed by atoms with Crippen molar-refractivity contribution >= 4 is 41.4 Å². The first-order valence-electron chi connectivity index (χ1n) is 20.3. The molecule has 0 aromatic heterocycles. The van der Waals surface area contributed by atoms with Gasteiger partial charge in [0.15, 0.2) is 0 Å². The van der Waals surface area contributed by atoms with Crippen LogP contribution in [0.1, 0.15) is 63.6 Å². The van der Waals surface area contributed by atoms with Gasteiger partial charge in [-0.25, -0.2) is 13.6 Å². The summed E-state index contributed by atoms with van der Waals surface area (Å²) in [5.41, 5.74) is 1.57. The quantitative estimate of drug-likeness (QED) is 0.272. The van der Waals surface area contributed by atoms with Crippen molar-refractivity contribution in [3.05, 3.63) is 64.7 Å². The zero-order valence-electron chi connectivity index (χ0n) is 34.2. The van der Waals surface area contributed by atoms with E-state index in [1.807, 2.05) is 13.0 Å². The van der Waals surface area contributed by atoms with Crippen LogP contribution in [0.5, 0.6) is 5.75 Å². The molecule has 60 heavy (non-hydrogen) atoms. The maximum absolute atomic E-state index is 14.7. The Hall–Kier alpha value is -5.65. The van der Waals surface area contributed by atoms with Gasteiger partial charge >= 0.3 is 5.97 Å². The molecule has 324 valence electrons. The van der Waals surface area contributed by atoms with Crippen LogP contribution in [-0.2, 0) is 57.6 Å². The molecule has 0 saturated carbocycles. The number of ether oxygens (including phenoxy) is 2. The molecular formula is C42H52F2N6O10. The van der Waals surface area contributed by atoms with Crippen molar-refractivity contribution in [3.8, 4) is 5.75 Å². The standard InChI is InChI=1S/C42H52F2N6O10/c1-21-13-32-42(58)60-24(4)35(41(57)49-11-6-7-31(49)40(56)48(5)36(23(3)51)38(54)45-22(2)39(55)50(32)20-21)47-37(53)30(16-26-14-28(43)19-29(44)15-26)46-34(52)18-25-8-9-27-10-12-59-33(27)17-25/h8-9,14-15,17,19,21-24,30-32,35-36,51H,6-7,10-13,16,18,20H2,1-5H3,(H,45,54)(H,46,52)(H,47,53)/t21-,22-,23-,24-,30-,31-,32-,35-,36-/m0/s1. The van der Waals surface area contributed by atoms with E-state index in [-0.39, 0.29) is 43.8 Å². The average molecular weight is 839 g/mol. The highest BCUT2D eigenvalue weighted by atomic mass is 19.1. The van der Waals surface area contributed by atoms with Gasteiger partial charge in [0.2, 0.25) is 35.4 Å². The second-order valence-corrected chi connectivity index (χ2v) is 16.3. The Labute approximate surface area is 346 Å². The normalized spacial score (nSPS) is 27.3. The number of aliphatic hydroxyl groups excluding tert-OH is 1. The molecule has 18 heteroatoms. The molecule has 2 aromatic rings. The number of hydrogen-bond donors (Lipinski definition) is 4. The predicted octanol–water partition coefficient (Wildman–Crippen LogP) is 0.540. The number of nitrogens with one attached hydrogen (secondary N) is 3. The predicted molar refractivity (Wildman–Crippen MR) is 209 cm³/mol. The molecule has 0 spiro atoms. The minimum Gasteiger partial charge on any atom is -0.493 e. The number of esters is 1. The van der Waals surface area contributed by atoms with Gasteiger partial charge in [0.05, 0.1) is 19.1 Å². The van der Waals surface area contributed by atoms with Crippen LogP contribution in [0.2, 0.25) is 0 Å². The number of nitrogens with zero attached hydrogens (tertiary/aromatic N) is 3. The van der Waals surface area contributed by atoms with Crippen molar-refractivity contribution in [2.45, 2.75) is 115 Å². The summed E-state index contributed by atoms with van der Waals surface area (Å²) in [5.74, 6) is -6.83. The summed E-state index contributed by atoms with van der Waals surface area (Å²) in [6, 6.07) is -0.149. The highest BCUT2D eigenvalue weighted by Gasteiger charge is 2.47. The number of aliphatic hydroxyl groups is 1. The van der Waals surface area contributed by atoms with Crippen LogP contribution in [0.15, 0.2) is 36.4 Å². The SMILES string of the molecule is C[C@H]1C[C@H]2C(=O)O[C@@H](C)[C@H](NC(=O)[C@H](Cc3cc(F)cc(F)c3)NC(=O)Cc3ccc4c(c3)OCC4)C(=O)N3CCC[C@H]3C(=O)N(C)[C@@H]([C@H](C)O)C(=O)N[C@@H](C)C(=O)N2C1. The van der Waals surface area contributed by atoms with Gasteiger partial charge < -0.3 is 45.2 Å². The molecule has 0 radical (unpaired) electrons. The van der Waals surface area contributed by atoms with Crippen molar-refractivity contribution in [2.75, 3.05) is 26.7 Å². The van der Waals surface area contributed by atoms with E-state index in [2.05, 4.69) is 16.0 Å². The second-order valence-electron chi connectivity index (χ2n) is 16.3. The number of rotatable bonds is 8. The number of halogens is 2. The molecule has 0 unspecified atom stereocenters. The lowest BCUT2D eigenvalue weighted by Crippen LogP contribution is -2.63. The van der Waals surface area contributed by atoms with Crippen molar-refractivity contribution in [1.29, 1.82) is 0 Å². The second kappa shape index (κ2) is 18.3. The topological polar surface area (TPSA) is 204 Å². The highest BCUT2D eigenvalue weighted by molar-refractivity contribution is 5.98. The number of carbonyl (C=O) groups is 7. The monoisotopic (exact) mass is 838 g/mol. The van der Waals surface area contributed by atoms with Crippen LogP contribution in [-0.4, -0.2) is 136 Å². The van der Waals surface area contributed by atoms with Gasteiger partial charge in [-0.3, -0.25) is 28.8 Å². The van der Waals surface area contributed by atoms with E-state index in [1.165, 1.54) is 37.6 Å². The Bertz CT molecular complexity index is 2010. The number of benzene rings is 2. The van der Waals surface area contributed by atoms with Crippen molar-refractivity contribution in [1.82, 2.24) is 30.7 Å². The summed E-state index contributed by atoms with van der Waals surface area (Å²) in [4.78, 5) is 101. The Morgan fingerprint density at radius 3 is 2.37 bits per heavy atom. The van der Waals surface area contributed by atoms with Crippen LogP contribution in [0.4, 0.5) is 8.78 Å². The molecule has 4 aliphatic rings. The first-order valence-corrected chi connectivity index (χ1v) is 20.3. The van der Waals surface area contributed by atoms with E-state index in [1.54, 1.807) is 12.1 Å². The molecule has 3 fully saturated rings. The lowest BCUT2D eigenvalue weighted by Gasteiger charge is -2.37. The lowest BCUT2D eigenvalue weighted by molar-refractivity contribution is -0.163. The first kappa shape index (κ1) is 43.9. The Morgan fingerprint density at radius 1 is 0.950 bits per heavy atom. The zero-order valence-corrected chi connectivity index (χ0v) is 34.2. The fraction of sp³-hybridized carbons (Fsp3) is 0.548. The van der Waals surface area contributed by atoms with Crippen LogP contribution in [0, 0.1) is 17.6 Å². The van der Waals surface area contributed by atoms with Gasteiger partial charge in [-0.1, -0.05) is 19.1 Å². The molecule has 2 aromatic carbocycles. The van der Waals surface area contributed by atoms with E-state index >= 15 is 0 Å². The maximum atomic E-state index is 14.7. The fourth-order valence-corrected chi connectivity index (χ4v) is 8.57. The molecule has 6 amide bonds. The molecule has 16 nitrogen and oxygen atoms in total. The van der Waals surface area contributed by atoms with Gasteiger partial charge in [-0.05, 0) is 80.8 Å². The van der Waals surface area contributed by atoms with E-state index in [4.69, 9.17) is 9.47 Å². The summed E-state index contributed by atoms with van der Waals surface area (Å²) in [7, 11) is 1.30. The number of fused-ring (bicyclic) bond motifs is 3. The summed E-state index contributed by atoms with van der Waals surface area (Å²) >= 11 is 0. The summed E-state index contributed by atoms with van der Waals surface area (Å²) in [6.45, 7) is 6.60. The maximum Gasteiger partial charge on any atom is 0.329 e. The molecule has 9 atom stereocenters. The molecule has 6 rings (SSSR count). The highest BCUT2D eigenvalue weighted by Crippen LogP contribution is 2.28. The minimum absolute atomic E-state index is 0.0157. The van der Waals surface area contributed by atoms with Crippen molar-refractivity contribution in [3.63, 3.8) is 0 Å². The van der Waals surface area contributed by atoms with E-state index in [9.17, 15) is 47.4 Å². The van der Waals surface area contributed by atoms with Crippen molar-refractivity contribution in [2.24, 2.45) is 5.92 Å². The van der Waals surface area contributed by atoms with E-state index in [0.717, 1.165) is 29.0 Å². The lowest BCUT2D eigenvalue weighted by atomic mass is 10.0. The average Bonchev–Trinajstić information content (AvgIpc) is 3.95. The summed E-state index contributed by atoms with van der Waals surface area (Å²) < 4.78 is 40.2. The van der Waals surface area contributed by atoms with E-state index < -0.39 is 108 Å². The smallest absolute Gasteiger partial charge is 0.329 e. The van der Waals surface area contributed by atoms with Crippen LogP contribution >= 0.6 is 0 Å². The number of cyclic esters (lactones) is 1. The number of carbonyl (C=O) groups excluding carboxylic acids is 7. The Kier molecular flexibility index (Phi) is 13.4. The summed E-state index contributed by atoms with van der Waals surface area (Å²) in [6.07, 6.45) is -2.02. The third-order valence-corrected chi connectivity index (χ3v) is 11.6. The summed E-state index contributed by atoms with van der Waals surface area (Å²) in [5, 5.41) is 18.5.